The summed E-state index contributed by atoms with van der Waals surface area (Å²) < 4.78 is 31.1. The van der Waals surface area contributed by atoms with Crippen LogP contribution in [0.3, 0.4) is 0 Å². The Bertz CT molecular complexity index is 426. The third-order valence-corrected chi connectivity index (χ3v) is 3.33. The molecule has 0 N–H and O–H groups in total. The number of esters is 1. The molecule has 1 saturated carbocycles. The minimum Gasteiger partial charge on any atom is -0.462 e. The fourth-order valence-electron chi connectivity index (χ4n) is 2.28. The van der Waals surface area contributed by atoms with Crippen LogP contribution >= 0.6 is 0 Å². The lowest BCUT2D eigenvalue weighted by Gasteiger charge is -2.21. The maximum atomic E-state index is 13.3. The van der Waals surface area contributed by atoms with Gasteiger partial charge in [0.1, 0.15) is 11.6 Å². The molecule has 0 saturated heterocycles. The van der Waals surface area contributed by atoms with E-state index in [9.17, 15) is 13.6 Å². The van der Waals surface area contributed by atoms with E-state index in [2.05, 4.69) is 0 Å². The molecule has 2 nitrogen and oxygen atoms in total. The van der Waals surface area contributed by atoms with E-state index in [-0.39, 0.29) is 5.56 Å². The summed E-state index contributed by atoms with van der Waals surface area (Å²) in [6.45, 7) is 0.329. The summed E-state index contributed by atoms with van der Waals surface area (Å²) in [5.74, 6) is -1.90. The highest BCUT2D eigenvalue weighted by Gasteiger charge is 2.18. The van der Waals surface area contributed by atoms with Crippen molar-refractivity contribution >= 4 is 5.97 Å². The Kier molecular flexibility index (Phi) is 4.28. The van der Waals surface area contributed by atoms with Crippen molar-refractivity contribution in [2.24, 2.45) is 5.92 Å². The Balaban J connectivity index is 1.90. The first-order valence-corrected chi connectivity index (χ1v) is 6.29. The van der Waals surface area contributed by atoms with Crippen LogP contribution in [0.5, 0.6) is 0 Å². The van der Waals surface area contributed by atoms with Crippen LogP contribution in [0.1, 0.15) is 42.5 Å². The quantitative estimate of drug-likeness (QED) is 0.769. The lowest BCUT2D eigenvalue weighted by atomic mass is 9.90. The van der Waals surface area contributed by atoms with Gasteiger partial charge in [0.25, 0.3) is 0 Å². The summed E-state index contributed by atoms with van der Waals surface area (Å²) in [5.41, 5.74) is -0.202. The predicted octanol–water partition coefficient (Wildman–Crippen LogP) is 3.70. The molecular weight excluding hydrogens is 238 g/mol. The second-order valence-corrected chi connectivity index (χ2v) is 4.73. The summed E-state index contributed by atoms with van der Waals surface area (Å²) in [5, 5.41) is 0. The number of halogens is 2. The summed E-state index contributed by atoms with van der Waals surface area (Å²) in [6.07, 6.45) is 5.66. The molecule has 0 atom stereocenters. The first-order valence-electron chi connectivity index (χ1n) is 6.29. The first-order chi connectivity index (χ1) is 8.66. The topological polar surface area (TPSA) is 26.3 Å². The maximum absolute atomic E-state index is 13.3. The number of rotatable bonds is 3. The van der Waals surface area contributed by atoms with Gasteiger partial charge in [0, 0.05) is 6.07 Å². The second-order valence-electron chi connectivity index (χ2n) is 4.73. The molecule has 1 aromatic carbocycles. The molecule has 18 heavy (non-hydrogen) atoms. The lowest BCUT2D eigenvalue weighted by molar-refractivity contribution is 0.0405. The Morgan fingerprint density at radius 1 is 1.22 bits per heavy atom. The van der Waals surface area contributed by atoms with Gasteiger partial charge in [-0.25, -0.2) is 13.6 Å². The van der Waals surface area contributed by atoms with Crippen molar-refractivity contribution in [1.82, 2.24) is 0 Å². The van der Waals surface area contributed by atoms with E-state index >= 15 is 0 Å². The number of ether oxygens (including phenoxy) is 1. The highest BCUT2D eigenvalue weighted by atomic mass is 19.1. The van der Waals surface area contributed by atoms with E-state index < -0.39 is 17.6 Å². The zero-order valence-corrected chi connectivity index (χ0v) is 10.1. The number of hydrogen-bond acceptors (Lipinski definition) is 2. The van der Waals surface area contributed by atoms with Crippen LogP contribution < -0.4 is 0 Å². The van der Waals surface area contributed by atoms with Crippen LogP contribution in [-0.4, -0.2) is 12.6 Å². The van der Waals surface area contributed by atoms with Gasteiger partial charge >= 0.3 is 5.97 Å². The van der Waals surface area contributed by atoms with Crippen molar-refractivity contribution in [3.63, 3.8) is 0 Å². The van der Waals surface area contributed by atoms with Gasteiger partial charge in [-0.3, -0.25) is 0 Å². The van der Waals surface area contributed by atoms with Gasteiger partial charge in [0.05, 0.1) is 12.2 Å². The molecule has 1 fully saturated rings. The molecule has 0 amide bonds. The van der Waals surface area contributed by atoms with Gasteiger partial charge in [0.2, 0.25) is 0 Å². The number of hydrogen-bond donors (Lipinski definition) is 0. The highest BCUT2D eigenvalue weighted by molar-refractivity contribution is 5.89. The number of carbonyl (C=O) groups excluding carboxylic acids is 1. The third-order valence-electron chi connectivity index (χ3n) is 3.33. The van der Waals surface area contributed by atoms with Gasteiger partial charge in [-0.05, 0) is 30.9 Å². The molecule has 4 heteroatoms. The van der Waals surface area contributed by atoms with Crippen molar-refractivity contribution in [1.29, 1.82) is 0 Å². The third kappa shape index (κ3) is 3.28. The first kappa shape index (κ1) is 13.0. The van der Waals surface area contributed by atoms with Crippen LogP contribution in [0.4, 0.5) is 8.78 Å². The minimum atomic E-state index is -0.872. The molecule has 0 aliphatic heterocycles. The summed E-state index contributed by atoms with van der Waals surface area (Å²) >= 11 is 0. The van der Waals surface area contributed by atoms with Crippen molar-refractivity contribution < 1.29 is 18.3 Å². The molecule has 0 unspecified atom stereocenters. The molecule has 0 heterocycles. The van der Waals surface area contributed by atoms with Gasteiger partial charge < -0.3 is 4.74 Å². The smallest absolute Gasteiger partial charge is 0.341 e. The van der Waals surface area contributed by atoms with Crippen LogP contribution in [0.25, 0.3) is 0 Å². The van der Waals surface area contributed by atoms with Crippen molar-refractivity contribution in [2.45, 2.75) is 32.1 Å². The zero-order valence-electron chi connectivity index (χ0n) is 10.1. The van der Waals surface area contributed by atoms with E-state index in [1.54, 1.807) is 0 Å². The Morgan fingerprint density at radius 3 is 2.61 bits per heavy atom. The molecule has 2 rings (SSSR count). The summed E-state index contributed by atoms with van der Waals surface area (Å²) in [7, 11) is 0. The number of carbonyl (C=O) groups is 1. The minimum absolute atomic E-state index is 0.202. The molecule has 1 aromatic rings. The van der Waals surface area contributed by atoms with Crippen LogP contribution in [0.2, 0.25) is 0 Å². The van der Waals surface area contributed by atoms with Gasteiger partial charge in [-0.2, -0.15) is 0 Å². The van der Waals surface area contributed by atoms with E-state index in [0.29, 0.717) is 18.6 Å². The standard InChI is InChI=1S/C14H16F2O2/c15-11-6-7-12(13(16)8-11)14(17)18-9-10-4-2-1-3-5-10/h6-8,10H,1-5,9H2. The van der Waals surface area contributed by atoms with Gasteiger partial charge in [-0.1, -0.05) is 19.3 Å². The number of benzene rings is 1. The molecule has 1 aliphatic rings. The molecular formula is C14H16F2O2. The average Bonchev–Trinajstić information content (AvgIpc) is 2.37. The van der Waals surface area contributed by atoms with E-state index in [1.165, 1.54) is 6.42 Å². The molecule has 0 radical (unpaired) electrons. The van der Waals surface area contributed by atoms with Crippen LogP contribution in [0, 0.1) is 17.6 Å². The largest absolute Gasteiger partial charge is 0.462 e. The maximum Gasteiger partial charge on any atom is 0.341 e. The second kappa shape index (κ2) is 5.94. The Hall–Kier alpha value is -1.45. The fraction of sp³-hybridized carbons (Fsp3) is 0.500. The Morgan fingerprint density at radius 2 is 1.94 bits per heavy atom. The average molecular weight is 254 g/mol. The Labute approximate surface area is 105 Å². The van der Waals surface area contributed by atoms with Crippen molar-refractivity contribution in [3.8, 4) is 0 Å². The summed E-state index contributed by atoms with van der Waals surface area (Å²) in [4.78, 5) is 11.6. The molecule has 0 bridgehead atoms. The molecule has 1 aliphatic carbocycles. The molecule has 98 valence electrons. The molecule has 0 aromatic heterocycles. The van der Waals surface area contributed by atoms with Crippen LogP contribution in [-0.2, 0) is 4.74 Å². The fourth-order valence-corrected chi connectivity index (χ4v) is 2.28. The van der Waals surface area contributed by atoms with Gasteiger partial charge in [0.15, 0.2) is 0 Å². The predicted molar refractivity (Wildman–Crippen MR) is 63.2 cm³/mol. The zero-order chi connectivity index (χ0) is 13.0. The SMILES string of the molecule is O=C(OCC1CCCCC1)c1ccc(F)cc1F. The van der Waals surface area contributed by atoms with E-state index in [0.717, 1.165) is 37.8 Å². The van der Waals surface area contributed by atoms with Gasteiger partial charge in [-0.15, -0.1) is 0 Å². The van der Waals surface area contributed by atoms with E-state index in [1.807, 2.05) is 0 Å². The van der Waals surface area contributed by atoms with Crippen molar-refractivity contribution in [3.05, 3.63) is 35.4 Å². The highest BCUT2D eigenvalue weighted by Crippen LogP contribution is 2.24. The monoisotopic (exact) mass is 254 g/mol. The van der Waals surface area contributed by atoms with Crippen LogP contribution in [0.15, 0.2) is 18.2 Å². The molecule has 0 spiro atoms. The normalized spacial score (nSPS) is 16.6. The lowest BCUT2D eigenvalue weighted by Crippen LogP contribution is -2.17. The summed E-state index contributed by atoms with van der Waals surface area (Å²) in [6, 6.07) is 2.87. The van der Waals surface area contributed by atoms with E-state index in [4.69, 9.17) is 4.74 Å². The van der Waals surface area contributed by atoms with Crippen molar-refractivity contribution in [2.75, 3.05) is 6.61 Å².